The Morgan fingerprint density at radius 3 is 1.96 bits per heavy atom. The summed E-state index contributed by atoms with van der Waals surface area (Å²) in [5.41, 5.74) is 2.31. The van der Waals surface area contributed by atoms with E-state index in [-0.39, 0.29) is 11.7 Å². The summed E-state index contributed by atoms with van der Waals surface area (Å²) in [7, 11) is 4.47. The Labute approximate surface area is 146 Å². The second-order valence-electron chi connectivity index (χ2n) is 5.45. The Morgan fingerprint density at radius 1 is 0.880 bits per heavy atom. The van der Waals surface area contributed by atoms with Gasteiger partial charge in [-0.05, 0) is 37.6 Å². The molecule has 0 spiro atoms. The summed E-state index contributed by atoms with van der Waals surface area (Å²) in [4.78, 5) is 24.2. The number of ketones is 1. The maximum Gasteiger partial charge on any atom is 0.255 e. The van der Waals surface area contributed by atoms with Crippen LogP contribution in [-0.2, 0) is 0 Å². The van der Waals surface area contributed by atoms with Crippen molar-refractivity contribution in [1.82, 2.24) is 0 Å². The van der Waals surface area contributed by atoms with Crippen LogP contribution in [-0.4, -0.2) is 33.0 Å². The lowest BCUT2D eigenvalue weighted by Crippen LogP contribution is -2.14. The molecule has 0 aliphatic carbocycles. The number of rotatable bonds is 6. The first-order valence-electron chi connectivity index (χ1n) is 7.64. The monoisotopic (exact) mass is 343 g/mol. The predicted molar refractivity (Wildman–Crippen MR) is 95.2 cm³/mol. The van der Waals surface area contributed by atoms with Crippen LogP contribution in [0.2, 0.25) is 0 Å². The van der Waals surface area contributed by atoms with Gasteiger partial charge in [-0.15, -0.1) is 0 Å². The Morgan fingerprint density at radius 2 is 1.48 bits per heavy atom. The fourth-order valence-corrected chi connectivity index (χ4v) is 2.38. The van der Waals surface area contributed by atoms with Crippen LogP contribution in [0.5, 0.6) is 17.2 Å². The molecule has 132 valence electrons. The van der Waals surface area contributed by atoms with E-state index in [4.69, 9.17) is 14.2 Å². The van der Waals surface area contributed by atoms with Gasteiger partial charge in [0.25, 0.3) is 5.91 Å². The molecule has 25 heavy (non-hydrogen) atoms. The van der Waals surface area contributed by atoms with Gasteiger partial charge in [-0.1, -0.05) is 12.1 Å². The van der Waals surface area contributed by atoms with E-state index in [2.05, 4.69) is 5.32 Å². The molecule has 0 aromatic heterocycles. The Bertz CT molecular complexity index is 788. The molecule has 0 aliphatic heterocycles. The molecule has 0 radical (unpaired) electrons. The summed E-state index contributed by atoms with van der Waals surface area (Å²) in [6.45, 7) is 3.34. The van der Waals surface area contributed by atoms with Crippen LogP contribution in [0.25, 0.3) is 0 Å². The average Bonchev–Trinajstić information content (AvgIpc) is 2.61. The summed E-state index contributed by atoms with van der Waals surface area (Å²) >= 11 is 0. The molecule has 0 unspecified atom stereocenters. The molecule has 0 bridgehead atoms. The van der Waals surface area contributed by atoms with Gasteiger partial charge in [-0.2, -0.15) is 0 Å². The highest BCUT2D eigenvalue weighted by Gasteiger charge is 2.17. The van der Waals surface area contributed by atoms with E-state index < -0.39 is 0 Å². The van der Waals surface area contributed by atoms with Crippen molar-refractivity contribution in [2.45, 2.75) is 13.8 Å². The zero-order chi connectivity index (χ0) is 18.6. The van der Waals surface area contributed by atoms with E-state index in [0.29, 0.717) is 34.1 Å². The third-order valence-electron chi connectivity index (χ3n) is 3.82. The molecule has 0 fully saturated rings. The maximum atomic E-state index is 12.6. The first-order chi connectivity index (χ1) is 11.9. The van der Waals surface area contributed by atoms with Crippen molar-refractivity contribution in [2.75, 3.05) is 26.6 Å². The topological polar surface area (TPSA) is 73.9 Å². The number of hydrogen-bond donors (Lipinski definition) is 1. The van der Waals surface area contributed by atoms with Gasteiger partial charge >= 0.3 is 0 Å². The Balaban J connectivity index is 2.39. The number of benzene rings is 2. The fourth-order valence-electron chi connectivity index (χ4n) is 2.38. The molecule has 2 aromatic carbocycles. The van der Waals surface area contributed by atoms with Gasteiger partial charge in [0.1, 0.15) is 0 Å². The second-order valence-corrected chi connectivity index (χ2v) is 5.45. The first kappa shape index (κ1) is 18.3. The normalized spacial score (nSPS) is 10.1. The van der Waals surface area contributed by atoms with Gasteiger partial charge < -0.3 is 19.5 Å². The number of aryl methyl sites for hydroxylation is 1. The number of carbonyl (C=O) groups excluding carboxylic acids is 2. The van der Waals surface area contributed by atoms with Crippen molar-refractivity contribution >= 4 is 17.4 Å². The van der Waals surface area contributed by atoms with E-state index in [0.717, 1.165) is 5.56 Å². The lowest BCUT2D eigenvalue weighted by atomic mass is 10.1. The number of ether oxygens (including phenoxy) is 3. The van der Waals surface area contributed by atoms with Crippen molar-refractivity contribution in [1.29, 1.82) is 0 Å². The maximum absolute atomic E-state index is 12.6. The average molecular weight is 343 g/mol. The molecule has 2 aromatic rings. The van der Waals surface area contributed by atoms with Gasteiger partial charge in [-0.3, -0.25) is 9.59 Å². The molecule has 6 heteroatoms. The van der Waals surface area contributed by atoms with E-state index in [1.807, 2.05) is 6.92 Å². The molecule has 0 saturated heterocycles. The van der Waals surface area contributed by atoms with Crippen molar-refractivity contribution in [2.24, 2.45) is 0 Å². The molecule has 0 aliphatic rings. The number of Topliss-reactive ketones (excluding diaryl/α,β-unsaturated/α-hetero) is 1. The van der Waals surface area contributed by atoms with E-state index >= 15 is 0 Å². The molecule has 0 atom stereocenters. The van der Waals surface area contributed by atoms with E-state index in [9.17, 15) is 9.59 Å². The molecular formula is C19H21NO5. The zero-order valence-electron chi connectivity index (χ0n) is 14.9. The number of amides is 1. The number of nitrogens with one attached hydrogen (secondary N) is 1. The van der Waals surface area contributed by atoms with Crippen LogP contribution >= 0.6 is 0 Å². The highest BCUT2D eigenvalue weighted by Crippen LogP contribution is 2.38. The van der Waals surface area contributed by atoms with E-state index in [1.54, 1.807) is 30.3 Å². The van der Waals surface area contributed by atoms with Crippen molar-refractivity contribution in [3.8, 4) is 17.2 Å². The minimum Gasteiger partial charge on any atom is -0.493 e. The predicted octanol–water partition coefficient (Wildman–Crippen LogP) is 3.48. The summed E-state index contributed by atoms with van der Waals surface area (Å²) in [6.07, 6.45) is 0. The fraction of sp³-hybridized carbons (Fsp3) is 0.263. The second kappa shape index (κ2) is 7.70. The lowest BCUT2D eigenvalue weighted by Gasteiger charge is -2.15. The highest BCUT2D eigenvalue weighted by molar-refractivity contribution is 6.06. The lowest BCUT2D eigenvalue weighted by molar-refractivity contribution is 0.101. The Hall–Kier alpha value is -3.02. The minimum absolute atomic E-state index is 0.0664. The standard InChI is InChI=1S/C19H21NO5/c1-11-6-7-13(12(2)21)8-15(11)20-19(22)14-9-16(23-3)18(25-5)17(10-14)24-4/h6-10H,1-5H3,(H,20,22). The summed E-state index contributed by atoms with van der Waals surface area (Å²) in [5.74, 6) is 0.782. The Kier molecular flexibility index (Phi) is 5.64. The molecule has 2 rings (SSSR count). The van der Waals surface area contributed by atoms with Crippen LogP contribution in [0.4, 0.5) is 5.69 Å². The van der Waals surface area contributed by atoms with Gasteiger partial charge in [0.2, 0.25) is 5.75 Å². The van der Waals surface area contributed by atoms with Crippen molar-refractivity contribution in [3.05, 3.63) is 47.0 Å². The molecule has 6 nitrogen and oxygen atoms in total. The van der Waals surface area contributed by atoms with Gasteiger partial charge in [0.05, 0.1) is 21.3 Å². The number of methoxy groups -OCH3 is 3. The zero-order valence-corrected chi connectivity index (χ0v) is 14.9. The summed E-state index contributed by atoms with van der Waals surface area (Å²) in [5, 5.41) is 2.82. The van der Waals surface area contributed by atoms with Gasteiger partial charge in [0, 0.05) is 16.8 Å². The van der Waals surface area contributed by atoms with Gasteiger partial charge in [-0.25, -0.2) is 0 Å². The van der Waals surface area contributed by atoms with Crippen LogP contribution in [0, 0.1) is 6.92 Å². The summed E-state index contributed by atoms with van der Waals surface area (Å²) in [6, 6.07) is 8.32. The molecule has 1 N–H and O–H groups in total. The SMILES string of the molecule is COc1cc(C(=O)Nc2cc(C(C)=O)ccc2C)cc(OC)c1OC. The van der Waals surface area contributed by atoms with Crippen molar-refractivity contribution < 1.29 is 23.8 Å². The molecule has 0 saturated carbocycles. The van der Waals surface area contributed by atoms with Gasteiger partial charge in [0.15, 0.2) is 17.3 Å². The first-order valence-corrected chi connectivity index (χ1v) is 7.64. The molecule has 1 amide bonds. The number of hydrogen-bond acceptors (Lipinski definition) is 5. The van der Waals surface area contributed by atoms with Crippen LogP contribution < -0.4 is 19.5 Å². The van der Waals surface area contributed by atoms with Crippen LogP contribution in [0.3, 0.4) is 0 Å². The quantitative estimate of drug-likeness (QED) is 0.813. The molecular weight excluding hydrogens is 322 g/mol. The van der Waals surface area contributed by atoms with Crippen LogP contribution in [0.1, 0.15) is 33.2 Å². The number of carbonyl (C=O) groups is 2. The minimum atomic E-state index is -0.344. The summed E-state index contributed by atoms with van der Waals surface area (Å²) < 4.78 is 15.8. The number of anilines is 1. The largest absolute Gasteiger partial charge is 0.493 e. The van der Waals surface area contributed by atoms with E-state index in [1.165, 1.54) is 28.3 Å². The molecule has 0 heterocycles. The van der Waals surface area contributed by atoms with Crippen molar-refractivity contribution in [3.63, 3.8) is 0 Å². The highest BCUT2D eigenvalue weighted by atomic mass is 16.5. The third kappa shape index (κ3) is 3.91. The van der Waals surface area contributed by atoms with Crippen LogP contribution in [0.15, 0.2) is 30.3 Å². The third-order valence-corrected chi connectivity index (χ3v) is 3.82. The smallest absolute Gasteiger partial charge is 0.255 e.